The normalized spacial score (nSPS) is 25.7. The summed E-state index contributed by atoms with van der Waals surface area (Å²) in [6, 6.07) is 7.78. The monoisotopic (exact) mass is 274 g/mol. The highest BCUT2D eigenvalue weighted by molar-refractivity contribution is 5.92. The van der Waals surface area contributed by atoms with Crippen molar-refractivity contribution >= 4 is 11.7 Å². The van der Waals surface area contributed by atoms with Gasteiger partial charge in [0.15, 0.2) is 0 Å². The lowest BCUT2D eigenvalue weighted by atomic mass is 9.93. The molecule has 108 valence electrons. The number of hydrogen-bond donors (Lipinski definition) is 0. The molecule has 1 heterocycles. The van der Waals surface area contributed by atoms with Crippen molar-refractivity contribution in [3.05, 3.63) is 35.4 Å². The molecule has 4 nitrogen and oxygen atoms in total. The largest absolute Gasteiger partial charge is 0.365 e. The van der Waals surface area contributed by atoms with Crippen molar-refractivity contribution in [3.8, 4) is 0 Å². The van der Waals surface area contributed by atoms with Crippen molar-refractivity contribution in [1.29, 1.82) is 0 Å². The quantitative estimate of drug-likeness (QED) is 0.615. The Morgan fingerprint density at radius 3 is 2.85 bits per heavy atom. The van der Waals surface area contributed by atoms with Gasteiger partial charge in [-0.3, -0.25) is 0 Å². The van der Waals surface area contributed by atoms with E-state index in [2.05, 4.69) is 31.0 Å². The topological polar surface area (TPSA) is 41.9 Å². The van der Waals surface area contributed by atoms with Gasteiger partial charge in [0.05, 0.1) is 11.3 Å². The number of nitrogens with zero attached hydrogens (tertiary/aromatic N) is 2. The van der Waals surface area contributed by atoms with Gasteiger partial charge in [0.25, 0.3) is 0 Å². The van der Waals surface area contributed by atoms with Gasteiger partial charge < -0.3 is 9.74 Å². The summed E-state index contributed by atoms with van der Waals surface area (Å²) >= 11 is 0. The lowest BCUT2D eigenvalue weighted by Gasteiger charge is -2.34. The molecule has 20 heavy (non-hydrogen) atoms. The van der Waals surface area contributed by atoms with Gasteiger partial charge >= 0.3 is 5.97 Å². The highest BCUT2D eigenvalue weighted by atomic mass is 16.7. The zero-order valence-electron chi connectivity index (χ0n) is 12.6. The SMILES string of the molecule is Cc1cccc(C(=O)O/N=C2/C[C@@H](C)N(C)C[C@@H]2C)c1. The van der Waals surface area contributed by atoms with E-state index in [-0.39, 0.29) is 5.97 Å². The van der Waals surface area contributed by atoms with Crippen LogP contribution >= 0.6 is 0 Å². The van der Waals surface area contributed by atoms with Crippen LogP contribution in [0.1, 0.15) is 36.2 Å². The van der Waals surface area contributed by atoms with E-state index in [1.54, 1.807) is 6.07 Å². The standard InChI is InChI=1S/C16H22N2O2/c1-11-6-5-7-14(8-11)16(19)20-17-15-9-13(3)18(4)10-12(15)2/h5-8,12-13H,9-10H2,1-4H3/b17-15-/t12-,13+/m0/s1. The van der Waals surface area contributed by atoms with Crippen LogP contribution in [-0.4, -0.2) is 36.2 Å². The van der Waals surface area contributed by atoms with Gasteiger partial charge in [-0.15, -0.1) is 0 Å². The zero-order chi connectivity index (χ0) is 14.7. The van der Waals surface area contributed by atoms with Crippen LogP contribution in [0.4, 0.5) is 0 Å². The van der Waals surface area contributed by atoms with E-state index in [9.17, 15) is 4.79 Å². The fourth-order valence-electron chi connectivity index (χ4n) is 2.43. The smallest absolute Gasteiger partial charge is 0.313 e. The summed E-state index contributed by atoms with van der Waals surface area (Å²) in [5.74, 6) is -0.0681. The van der Waals surface area contributed by atoms with Crippen LogP contribution in [-0.2, 0) is 4.84 Å². The molecule has 0 aliphatic carbocycles. The summed E-state index contributed by atoms with van der Waals surface area (Å²) in [7, 11) is 2.11. The first-order valence-electron chi connectivity index (χ1n) is 7.02. The molecule has 1 fully saturated rings. The number of rotatable bonds is 2. The Morgan fingerprint density at radius 1 is 1.40 bits per heavy atom. The molecule has 0 spiro atoms. The summed E-state index contributed by atoms with van der Waals surface area (Å²) in [5, 5.41) is 4.10. The van der Waals surface area contributed by atoms with E-state index in [4.69, 9.17) is 4.84 Å². The predicted molar refractivity (Wildman–Crippen MR) is 79.9 cm³/mol. The molecule has 0 aromatic heterocycles. The number of carbonyl (C=O) groups is 1. The van der Waals surface area contributed by atoms with E-state index < -0.39 is 0 Å². The van der Waals surface area contributed by atoms with Gasteiger partial charge in [0.2, 0.25) is 0 Å². The fraction of sp³-hybridized carbons (Fsp3) is 0.500. The van der Waals surface area contributed by atoms with Crippen LogP contribution < -0.4 is 0 Å². The molecular formula is C16H22N2O2. The molecular weight excluding hydrogens is 252 g/mol. The molecule has 2 rings (SSSR count). The van der Waals surface area contributed by atoms with Gasteiger partial charge in [0, 0.05) is 24.9 Å². The molecule has 0 amide bonds. The molecule has 0 bridgehead atoms. The molecule has 1 aliphatic heterocycles. The number of aryl methyl sites for hydroxylation is 1. The van der Waals surface area contributed by atoms with E-state index in [1.807, 2.05) is 25.1 Å². The molecule has 0 N–H and O–H groups in total. The Morgan fingerprint density at radius 2 is 2.15 bits per heavy atom. The van der Waals surface area contributed by atoms with E-state index in [0.29, 0.717) is 17.5 Å². The third-order valence-electron chi connectivity index (χ3n) is 3.89. The summed E-state index contributed by atoms with van der Waals surface area (Å²) in [4.78, 5) is 19.4. The maximum Gasteiger partial charge on any atom is 0.365 e. The average Bonchev–Trinajstić information content (AvgIpc) is 2.41. The van der Waals surface area contributed by atoms with Crippen molar-refractivity contribution in [2.24, 2.45) is 11.1 Å². The minimum Gasteiger partial charge on any atom is -0.313 e. The van der Waals surface area contributed by atoms with Crippen molar-refractivity contribution in [3.63, 3.8) is 0 Å². The summed E-state index contributed by atoms with van der Waals surface area (Å²) in [6.45, 7) is 7.16. The second-order valence-electron chi connectivity index (χ2n) is 5.72. The number of carbonyl (C=O) groups excluding carboxylic acids is 1. The molecule has 1 aromatic rings. The second kappa shape index (κ2) is 6.18. The number of hydrogen-bond acceptors (Lipinski definition) is 4. The fourth-order valence-corrected chi connectivity index (χ4v) is 2.43. The molecule has 2 atom stereocenters. The number of oxime groups is 1. The maximum absolute atomic E-state index is 12.0. The Balaban J connectivity index is 2.03. The number of benzene rings is 1. The lowest BCUT2D eigenvalue weighted by molar-refractivity contribution is 0.0508. The first-order valence-corrected chi connectivity index (χ1v) is 7.02. The Kier molecular flexibility index (Phi) is 4.55. The molecule has 0 radical (unpaired) electrons. The number of piperidine rings is 1. The predicted octanol–water partition coefficient (Wildman–Crippen LogP) is 2.87. The Hall–Kier alpha value is -1.68. The first kappa shape index (κ1) is 14.7. The molecule has 1 aliphatic rings. The van der Waals surface area contributed by atoms with Crippen molar-refractivity contribution < 1.29 is 9.63 Å². The van der Waals surface area contributed by atoms with Crippen LogP contribution in [0.25, 0.3) is 0 Å². The number of likely N-dealkylation sites (tertiary alicyclic amines) is 1. The van der Waals surface area contributed by atoms with Crippen molar-refractivity contribution in [1.82, 2.24) is 4.90 Å². The molecule has 0 unspecified atom stereocenters. The van der Waals surface area contributed by atoms with E-state index in [0.717, 1.165) is 24.2 Å². The maximum atomic E-state index is 12.0. The summed E-state index contributed by atoms with van der Waals surface area (Å²) in [5.41, 5.74) is 2.55. The molecule has 4 heteroatoms. The Labute approximate surface area is 120 Å². The highest BCUT2D eigenvalue weighted by Crippen LogP contribution is 2.18. The summed E-state index contributed by atoms with van der Waals surface area (Å²) in [6.07, 6.45) is 0.846. The minimum atomic E-state index is -0.389. The molecule has 0 saturated carbocycles. The third kappa shape index (κ3) is 3.45. The van der Waals surface area contributed by atoms with Crippen LogP contribution in [0.3, 0.4) is 0 Å². The highest BCUT2D eigenvalue weighted by Gasteiger charge is 2.26. The average molecular weight is 274 g/mol. The minimum absolute atomic E-state index is 0.321. The van der Waals surface area contributed by atoms with Gasteiger partial charge in [-0.25, -0.2) is 4.79 Å². The van der Waals surface area contributed by atoms with Gasteiger partial charge in [-0.2, -0.15) is 0 Å². The van der Waals surface area contributed by atoms with Gasteiger partial charge in [0.1, 0.15) is 0 Å². The Bertz CT molecular complexity index is 525. The first-order chi connectivity index (χ1) is 9.47. The van der Waals surface area contributed by atoms with Crippen LogP contribution in [0, 0.1) is 12.8 Å². The van der Waals surface area contributed by atoms with Crippen molar-refractivity contribution in [2.75, 3.05) is 13.6 Å². The van der Waals surface area contributed by atoms with Crippen LogP contribution in [0.15, 0.2) is 29.4 Å². The van der Waals surface area contributed by atoms with E-state index in [1.165, 1.54) is 0 Å². The molecule has 1 aromatic carbocycles. The van der Waals surface area contributed by atoms with Crippen LogP contribution in [0.5, 0.6) is 0 Å². The van der Waals surface area contributed by atoms with E-state index >= 15 is 0 Å². The van der Waals surface area contributed by atoms with Gasteiger partial charge in [-0.1, -0.05) is 29.8 Å². The third-order valence-corrected chi connectivity index (χ3v) is 3.89. The summed E-state index contributed by atoms with van der Waals surface area (Å²) < 4.78 is 0. The molecule has 1 saturated heterocycles. The second-order valence-corrected chi connectivity index (χ2v) is 5.72. The van der Waals surface area contributed by atoms with Crippen molar-refractivity contribution in [2.45, 2.75) is 33.2 Å². The zero-order valence-corrected chi connectivity index (χ0v) is 12.6. The van der Waals surface area contributed by atoms with Gasteiger partial charge in [-0.05, 0) is 33.0 Å². The van der Waals surface area contributed by atoms with Crippen LogP contribution in [0.2, 0.25) is 0 Å². The lowest BCUT2D eigenvalue weighted by Crippen LogP contribution is -2.43.